The van der Waals surface area contributed by atoms with Crippen molar-refractivity contribution in [2.45, 2.75) is 29.3 Å². The molecule has 0 aliphatic carbocycles. The maximum Gasteiger partial charge on any atom is 0.191 e. The average molecular weight is 464 g/mol. The summed E-state index contributed by atoms with van der Waals surface area (Å²) in [6, 6.07) is 14.1. The van der Waals surface area contributed by atoms with E-state index in [1.807, 2.05) is 19.1 Å². The molecule has 0 atom stereocenters. The second kappa shape index (κ2) is 10.1. The molecule has 0 fully saturated rings. The molecule has 6 nitrogen and oxygen atoms in total. The molecule has 0 unspecified atom stereocenters. The van der Waals surface area contributed by atoms with Gasteiger partial charge in [0.05, 0.1) is 16.5 Å². The highest BCUT2D eigenvalue weighted by Crippen LogP contribution is 2.25. The van der Waals surface area contributed by atoms with Crippen LogP contribution >= 0.6 is 23.4 Å². The molecule has 158 valence electrons. The minimum atomic E-state index is -3.53. The van der Waals surface area contributed by atoms with Gasteiger partial charge in [-0.25, -0.2) is 8.42 Å². The van der Waals surface area contributed by atoms with Gasteiger partial charge in [0.15, 0.2) is 15.0 Å². The number of rotatable bonds is 10. The normalized spacial score (nSPS) is 11.4. The Bertz CT molecular complexity index is 1110. The number of para-hydroxylation sites is 1. The van der Waals surface area contributed by atoms with Crippen molar-refractivity contribution in [2.24, 2.45) is 0 Å². The molecule has 1 aromatic heterocycles. The summed E-state index contributed by atoms with van der Waals surface area (Å²) in [6.45, 7) is 6.51. The summed E-state index contributed by atoms with van der Waals surface area (Å²) >= 11 is 7.52. The summed E-state index contributed by atoms with van der Waals surface area (Å²) in [5, 5.41) is 9.46. The van der Waals surface area contributed by atoms with E-state index in [0.717, 1.165) is 5.56 Å². The quantitative estimate of drug-likeness (QED) is 0.249. The van der Waals surface area contributed by atoms with Crippen LogP contribution in [0, 0.1) is 6.92 Å². The standard InChI is InChI=1S/C21H22ClN3O3S2/c1-3-12-25-20(15-30(26,27)17-10-8-16(2)9-11-17)23-24-21(25)29-14-13-28-19-7-5-4-6-18(19)22/h3-11H,1,12-15H2,2H3. The number of ether oxygens (including phenoxy) is 1. The predicted molar refractivity (Wildman–Crippen MR) is 120 cm³/mol. The molecule has 3 aromatic rings. The zero-order valence-electron chi connectivity index (χ0n) is 16.5. The topological polar surface area (TPSA) is 74.1 Å². The summed E-state index contributed by atoms with van der Waals surface area (Å²) in [5.41, 5.74) is 1.00. The molecule has 0 saturated carbocycles. The van der Waals surface area contributed by atoms with Crippen molar-refractivity contribution in [3.05, 3.63) is 77.6 Å². The summed E-state index contributed by atoms with van der Waals surface area (Å²) in [7, 11) is -3.53. The fourth-order valence-corrected chi connectivity index (χ4v) is 4.94. The number of benzene rings is 2. The van der Waals surface area contributed by atoms with Gasteiger partial charge in [0, 0.05) is 12.3 Å². The zero-order valence-corrected chi connectivity index (χ0v) is 18.9. The molecular formula is C21H22ClN3O3S2. The summed E-state index contributed by atoms with van der Waals surface area (Å²) in [5.74, 6) is 1.38. The van der Waals surface area contributed by atoms with E-state index < -0.39 is 9.84 Å². The zero-order chi connectivity index (χ0) is 21.6. The van der Waals surface area contributed by atoms with Crippen LogP contribution < -0.4 is 4.74 Å². The van der Waals surface area contributed by atoms with Gasteiger partial charge < -0.3 is 9.30 Å². The van der Waals surface area contributed by atoms with Crippen LogP contribution in [0.4, 0.5) is 0 Å². The Labute approximate surface area is 185 Å². The van der Waals surface area contributed by atoms with Crippen LogP contribution in [0.25, 0.3) is 0 Å². The number of sulfone groups is 1. The van der Waals surface area contributed by atoms with E-state index in [9.17, 15) is 8.42 Å². The van der Waals surface area contributed by atoms with Crippen LogP contribution in [0.1, 0.15) is 11.4 Å². The fraction of sp³-hybridized carbons (Fsp3) is 0.238. The highest BCUT2D eigenvalue weighted by atomic mass is 35.5. The second-order valence-corrected chi connectivity index (χ2v) is 9.96. The Morgan fingerprint density at radius 2 is 1.90 bits per heavy atom. The predicted octanol–water partition coefficient (Wildman–Crippen LogP) is 4.57. The first-order valence-electron chi connectivity index (χ1n) is 9.23. The van der Waals surface area contributed by atoms with Crippen molar-refractivity contribution >= 4 is 33.2 Å². The molecule has 0 aliphatic heterocycles. The van der Waals surface area contributed by atoms with Crippen LogP contribution in [0.3, 0.4) is 0 Å². The lowest BCUT2D eigenvalue weighted by Gasteiger charge is -2.10. The number of nitrogens with zero attached hydrogens (tertiary/aromatic N) is 3. The van der Waals surface area contributed by atoms with E-state index in [1.165, 1.54) is 11.8 Å². The highest BCUT2D eigenvalue weighted by Gasteiger charge is 2.21. The van der Waals surface area contributed by atoms with E-state index in [0.29, 0.717) is 40.7 Å². The highest BCUT2D eigenvalue weighted by molar-refractivity contribution is 7.99. The van der Waals surface area contributed by atoms with Crippen molar-refractivity contribution < 1.29 is 13.2 Å². The Hall–Kier alpha value is -2.29. The van der Waals surface area contributed by atoms with Crippen LogP contribution in [0.2, 0.25) is 5.02 Å². The number of aryl methyl sites for hydroxylation is 1. The number of thioether (sulfide) groups is 1. The van der Waals surface area contributed by atoms with Crippen LogP contribution in [-0.4, -0.2) is 35.5 Å². The third kappa shape index (κ3) is 5.65. The molecule has 9 heteroatoms. The maximum atomic E-state index is 12.8. The molecule has 0 N–H and O–H groups in total. The number of halogens is 1. The second-order valence-electron chi connectivity index (χ2n) is 6.50. The first-order chi connectivity index (χ1) is 14.4. The minimum absolute atomic E-state index is 0.229. The minimum Gasteiger partial charge on any atom is -0.491 e. The molecule has 2 aromatic carbocycles. The molecule has 0 aliphatic rings. The van der Waals surface area contributed by atoms with Crippen LogP contribution in [0.15, 0.2) is 71.2 Å². The largest absolute Gasteiger partial charge is 0.491 e. The van der Waals surface area contributed by atoms with Gasteiger partial charge in [0.1, 0.15) is 17.3 Å². The van der Waals surface area contributed by atoms with E-state index in [1.54, 1.807) is 47.0 Å². The Balaban J connectivity index is 1.68. The van der Waals surface area contributed by atoms with Gasteiger partial charge in [0.25, 0.3) is 0 Å². The van der Waals surface area contributed by atoms with Gasteiger partial charge >= 0.3 is 0 Å². The molecule has 3 rings (SSSR count). The number of aromatic nitrogens is 3. The third-order valence-corrected chi connectivity index (χ3v) is 7.08. The monoisotopic (exact) mass is 463 g/mol. The lowest BCUT2D eigenvalue weighted by atomic mass is 10.2. The smallest absolute Gasteiger partial charge is 0.191 e. The van der Waals surface area contributed by atoms with E-state index in [4.69, 9.17) is 16.3 Å². The number of hydrogen-bond acceptors (Lipinski definition) is 6. The molecule has 0 radical (unpaired) electrons. The molecule has 0 saturated heterocycles. The number of allylic oxidation sites excluding steroid dienone is 1. The molecule has 0 bridgehead atoms. The molecular weight excluding hydrogens is 442 g/mol. The Morgan fingerprint density at radius 3 is 2.60 bits per heavy atom. The van der Waals surface area contributed by atoms with Gasteiger partial charge in [-0.3, -0.25) is 0 Å². The van der Waals surface area contributed by atoms with Gasteiger partial charge in [-0.1, -0.05) is 59.3 Å². The van der Waals surface area contributed by atoms with Gasteiger partial charge in [-0.2, -0.15) is 0 Å². The first-order valence-corrected chi connectivity index (χ1v) is 12.2. The Kier molecular flexibility index (Phi) is 7.58. The lowest BCUT2D eigenvalue weighted by molar-refractivity contribution is 0.344. The maximum absolute atomic E-state index is 12.8. The van der Waals surface area contributed by atoms with Crippen molar-refractivity contribution in [3.8, 4) is 5.75 Å². The third-order valence-electron chi connectivity index (χ3n) is 4.21. The molecule has 0 spiro atoms. The summed E-state index contributed by atoms with van der Waals surface area (Å²) in [6.07, 6.45) is 1.69. The SMILES string of the molecule is C=CCn1c(CS(=O)(=O)c2ccc(C)cc2)nnc1SCCOc1ccccc1Cl. The number of hydrogen-bond donors (Lipinski definition) is 0. The summed E-state index contributed by atoms with van der Waals surface area (Å²) in [4.78, 5) is 0.267. The van der Waals surface area contributed by atoms with Crippen LogP contribution in [0.5, 0.6) is 5.75 Å². The molecule has 1 heterocycles. The average Bonchev–Trinajstić information content (AvgIpc) is 3.08. The van der Waals surface area contributed by atoms with E-state index in [2.05, 4.69) is 16.8 Å². The first kappa shape index (κ1) is 22.4. The van der Waals surface area contributed by atoms with E-state index >= 15 is 0 Å². The van der Waals surface area contributed by atoms with Gasteiger partial charge in [-0.15, -0.1) is 16.8 Å². The van der Waals surface area contributed by atoms with Gasteiger partial charge in [-0.05, 0) is 31.2 Å². The van der Waals surface area contributed by atoms with Crippen LogP contribution in [-0.2, 0) is 22.1 Å². The summed E-state index contributed by atoms with van der Waals surface area (Å²) < 4.78 is 33.0. The van der Waals surface area contributed by atoms with Crippen molar-refractivity contribution in [1.29, 1.82) is 0 Å². The van der Waals surface area contributed by atoms with Crippen molar-refractivity contribution in [1.82, 2.24) is 14.8 Å². The van der Waals surface area contributed by atoms with E-state index in [-0.39, 0.29) is 10.6 Å². The molecule has 0 amide bonds. The molecule has 30 heavy (non-hydrogen) atoms. The fourth-order valence-electron chi connectivity index (χ4n) is 2.69. The van der Waals surface area contributed by atoms with Gasteiger partial charge in [0.2, 0.25) is 0 Å². The van der Waals surface area contributed by atoms with Crippen molar-refractivity contribution in [2.75, 3.05) is 12.4 Å². The van der Waals surface area contributed by atoms with Crippen molar-refractivity contribution in [3.63, 3.8) is 0 Å². The Morgan fingerprint density at radius 1 is 1.17 bits per heavy atom. The lowest BCUT2D eigenvalue weighted by Crippen LogP contribution is -2.12.